The van der Waals surface area contributed by atoms with Gasteiger partial charge in [0, 0.05) is 18.0 Å². The Kier molecular flexibility index (Phi) is 4.25. The van der Waals surface area contributed by atoms with Gasteiger partial charge in [0.25, 0.3) is 11.5 Å². The van der Waals surface area contributed by atoms with Crippen molar-refractivity contribution < 1.29 is 14.0 Å². The standard InChI is InChI=1S/C17H13FN4O3/c1-9(23)19-10-6-7-13(18)14(8-10)20-17(25)15-11-4-2-3-5-12(11)16(24)22-21-15/h2-8H,1H3,(H,19,23)(H,20,25)(H,22,24). The fourth-order valence-corrected chi connectivity index (χ4v) is 2.37. The lowest BCUT2D eigenvalue weighted by atomic mass is 10.1. The molecule has 25 heavy (non-hydrogen) atoms. The molecule has 0 bridgehead atoms. The lowest BCUT2D eigenvalue weighted by molar-refractivity contribution is -0.114. The predicted molar refractivity (Wildman–Crippen MR) is 91.0 cm³/mol. The van der Waals surface area contributed by atoms with Gasteiger partial charge in [-0.05, 0) is 24.3 Å². The van der Waals surface area contributed by atoms with Crippen LogP contribution < -0.4 is 16.2 Å². The molecule has 0 aliphatic rings. The van der Waals surface area contributed by atoms with E-state index in [1.165, 1.54) is 19.1 Å². The molecule has 0 saturated carbocycles. The zero-order chi connectivity index (χ0) is 18.0. The maximum atomic E-state index is 14.0. The molecule has 0 aliphatic heterocycles. The number of rotatable bonds is 3. The van der Waals surface area contributed by atoms with E-state index >= 15 is 0 Å². The third-order valence-electron chi connectivity index (χ3n) is 3.45. The zero-order valence-electron chi connectivity index (χ0n) is 13.1. The number of carbonyl (C=O) groups is 2. The number of H-pyrrole nitrogens is 1. The summed E-state index contributed by atoms with van der Waals surface area (Å²) in [5, 5.41) is 11.6. The molecule has 3 rings (SSSR count). The number of nitrogens with one attached hydrogen (secondary N) is 3. The van der Waals surface area contributed by atoms with Gasteiger partial charge in [-0.3, -0.25) is 14.4 Å². The summed E-state index contributed by atoms with van der Waals surface area (Å²) in [5.74, 6) is -1.68. The number of carbonyl (C=O) groups excluding carboxylic acids is 2. The maximum Gasteiger partial charge on any atom is 0.276 e. The summed E-state index contributed by atoms with van der Waals surface area (Å²) in [4.78, 5) is 35.3. The summed E-state index contributed by atoms with van der Waals surface area (Å²) in [7, 11) is 0. The minimum atomic E-state index is -0.689. The zero-order valence-corrected chi connectivity index (χ0v) is 13.1. The summed E-state index contributed by atoms with van der Waals surface area (Å²) in [6.45, 7) is 1.32. The smallest absolute Gasteiger partial charge is 0.276 e. The van der Waals surface area contributed by atoms with Gasteiger partial charge in [0.05, 0.1) is 11.1 Å². The van der Waals surface area contributed by atoms with E-state index in [1.54, 1.807) is 24.3 Å². The molecule has 3 N–H and O–H groups in total. The first-order valence-corrected chi connectivity index (χ1v) is 7.31. The number of hydrogen-bond donors (Lipinski definition) is 3. The van der Waals surface area contributed by atoms with Gasteiger partial charge in [-0.2, -0.15) is 5.10 Å². The monoisotopic (exact) mass is 340 g/mol. The molecule has 3 aromatic rings. The van der Waals surface area contributed by atoms with Crippen LogP contribution in [0, 0.1) is 5.82 Å². The Bertz CT molecular complexity index is 1050. The summed E-state index contributed by atoms with van der Waals surface area (Å²) in [6.07, 6.45) is 0. The van der Waals surface area contributed by atoms with E-state index < -0.39 is 17.3 Å². The SMILES string of the molecule is CC(=O)Nc1ccc(F)c(NC(=O)c2n[nH]c(=O)c3ccccc23)c1. The van der Waals surface area contributed by atoms with Gasteiger partial charge < -0.3 is 10.6 Å². The van der Waals surface area contributed by atoms with Crippen LogP contribution in [-0.4, -0.2) is 22.0 Å². The number of aromatic amines is 1. The van der Waals surface area contributed by atoms with E-state index in [2.05, 4.69) is 20.8 Å². The number of benzene rings is 2. The maximum absolute atomic E-state index is 14.0. The molecule has 2 amide bonds. The number of aromatic nitrogens is 2. The van der Waals surface area contributed by atoms with E-state index in [-0.39, 0.29) is 17.3 Å². The first-order chi connectivity index (χ1) is 12.0. The molecule has 0 spiro atoms. The Balaban J connectivity index is 1.97. The van der Waals surface area contributed by atoms with Crippen LogP contribution in [0.2, 0.25) is 0 Å². The van der Waals surface area contributed by atoms with Crippen LogP contribution in [-0.2, 0) is 4.79 Å². The first-order valence-electron chi connectivity index (χ1n) is 7.31. The van der Waals surface area contributed by atoms with Crippen LogP contribution in [0.1, 0.15) is 17.4 Å². The van der Waals surface area contributed by atoms with Crippen molar-refractivity contribution in [2.45, 2.75) is 6.92 Å². The second kappa shape index (κ2) is 6.52. The summed E-state index contributed by atoms with van der Waals surface area (Å²) in [5.41, 5.74) is -0.248. The van der Waals surface area contributed by atoms with Crippen molar-refractivity contribution in [1.29, 1.82) is 0 Å². The number of nitrogens with zero attached hydrogens (tertiary/aromatic N) is 1. The van der Waals surface area contributed by atoms with Gasteiger partial charge in [-0.25, -0.2) is 9.49 Å². The van der Waals surface area contributed by atoms with Crippen molar-refractivity contribution in [1.82, 2.24) is 10.2 Å². The largest absolute Gasteiger partial charge is 0.326 e. The van der Waals surface area contributed by atoms with Crippen LogP contribution in [0.25, 0.3) is 10.8 Å². The lowest BCUT2D eigenvalue weighted by Crippen LogP contribution is -2.20. The Morgan fingerprint density at radius 1 is 1.08 bits per heavy atom. The Morgan fingerprint density at radius 3 is 2.52 bits per heavy atom. The molecule has 1 aromatic heterocycles. The van der Waals surface area contributed by atoms with Crippen LogP contribution in [0.4, 0.5) is 15.8 Å². The highest BCUT2D eigenvalue weighted by Gasteiger charge is 2.16. The topological polar surface area (TPSA) is 104 Å². The van der Waals surface area contributed by atoms with Gasteiger partial charge in [0.2, 0.25) is 5.91 Å². The number of fused-ring (bicyclic) bond motifs is 1. The molecule has 8 heteroatoms. The minimum Gasteiger partial charge on any atom is -0.326 e. The quantitative estimate of drug-likeness (QED) is 0.680. The summed E-state index contributed by atoms with van der Waals surface area (Å²) in [6, 6.07) is 10.3. The lowest BCUT2D eigenvalue weighted by Gasteiger charge is -2.10. The molecular formula is C17H13FN4O3. The van der Waals surface area contributed by atoms with Gasteiger partial charge in [-0.1, -0.05) is 18.2 Å². The second-order valence-electron chi connectivity index (χ2n) is 5.28. The fraction of sp³-hybridized carbons (Fsp3) is 0.0588. The summed E-state index contributed by atoms with van der Waals surface area (Å²) < 4.78 is 14.0. The third-order valence-corrected chi connectivity index (χ3v) is 3.45. The average molecular weight is 340 g/mol. The van der Waals surface area contributed by atoms with Crippen LogP contribution in [0.15, 0.2) is 47.3 Å². The van der Waals surface area contributed by atoms with Crippen molar-refractivity contribution in [3.8, 4) is 0 Å². The van der Waals surface area contributed by atoms with Crippen LogP contribution in [0.5, 0.6) is 0 Å². The molecule has 0 saturated heterocycles. The predicted octanol–water partition coefficient (Wildman–Crippen LogP) is 2.27. The molecule has 0 unspecified atom stereocenters. The Labute approximate surface area is 140 Å². The highest BCUT2D eigenvalue weighted by atomic mass is 19.1. The highest BCUT2D eigenvalue weighted by Crippen LogP contribution is 2.21. The van der Waals surface area contributed by atoms with Crippen molar-refractivity contribution in [2.24, 2.45) is 0 Å². The van der Waals surface area contributed by atoms with E-state index in [4.69, 9.17) is 0 Å². The Hall–Kier alpha value is -3.55. The van der Waals surface area contributed by atoms with Gasteiger partial charge in [-0.15, -0.1) is 0 Å². The third kappa shape index (κ3) is 3.37. The molecule has 7 nitrogen and oxygen atoms in total. The second-order valence-corrected chi connectivity index (χ2v) is 5.28. The molecule has 0 fully saturated rings. The van der Waals surface area contributed by atoms with E-state index in [0.29, 0.717) is 16.5 Å². The van der Waals surface area contributed by atoms with E-state index in [9.17, 15) is 18.8 Å². The van der Waals surface area contributed by atoms with Gasteiger partial charge in [0.15, 0.2) is 5.69 Å². The molecule has 0 atom stereocenters. The summed E-state index contributed by atoms with van der Waals surface area (Å²) >= 11 is 0. The van der Waals surface area contributed by atoms with Crippen molar-refractivity contribution in [3.05, 3.63) is 64.3 Å². The Morgan fingerprint density at radius 2 is 1.80 bits per heavy atom. The van der Waals surface area contributed by atoms with E-state index in [0.717, 1.165) is 6.07 Å². The number of hydrogen-bond acceptors (Lipinski definition) is 4. The molecule has 2 aromatic carbocycles. The molecule has 0 aliphatic carbocycles. The average Bonchev–Trinajstić information content (AvgIpc) is 2.58. The number of halogens is 1. The number of amides is 2. The molecular weight excluding hydrogens is 327 g/mol. The van der Waals surface area contributed by atoms with Gasteiger partial charge >= 0.3 is 0 Å². The highest BCUT2D eigenvalue weighted by molar-refractivity contribution is 6.11. The van der Waals surface area contributed by atoms with Crippen molar-refractivity contribution >= 4 is 34.0 Å². The molecule has 0 radical (unpaired) electrons. The first kappa shape index (κ1) is 16.3. The number of anilines is 2. The minimum absolute atomic E-state index is 0.0421. The molecule has 1 heterocycles. The normalized spacial score (nSPS) is 10.5. The van der Waals surface area contributed by atoms with Crippen molar-refractivity contribution in [2.75, 3.05) is 10.6 Å². The van der Waals surface area contributed by atoms with Crippen LogP contribution in [0.3, 0.4) is 0 Å². The van der Waals surface area contributed by atoms with Gasteiger partial charge in [0.1, 0.15) is 5.82 Å². The molecule has 126 valence electrons. The van der Waals surface area contributed by atoms with E-state index in [1.807, 2.05) is 0 Å². The van der Waals surface area contributed by atoms with Crippen molar-refractivity contribution in [3.63, 3.8) is 0 Å². The van der Waals surface area contributed by atoms with Crippen LogP contribution >= 0.6 is 0 Å². The fourth-order valence-electron chi connectivity index (χ4n) is 2.37.